The van der Waals surface area contributed by atoms with Gasteiger partial charge in [-0.1, -0.05) is 0 Å². The molecule has 6 heteroatoms. The Bertz CT molecular complexity index is 820. The number of rotatable bonds is 5. The minimum atomic E-state index is 0.0593. The normalized spacial score (nSPS) is 19.8. The number of carbonyl (C=O) groups excluding carboxylic acids is 1. The molecule has 0 saturated carbocycles. The van der Waals surface area contributed by atoms with Crippen molar-refractivity contribution >= 4 is 17.2 Å². The van der Waals surface area contributed by atoms with Gasteiger partial charge in [-0.05, 0) is 54.5 Å². The molecule has 3 heterocycles. The van der Waals surface area contributed by atoms with Crippen LogP contribution in [0.25, 0.3) is 0 Å². The quantitative estimate of drug-likeness (QED) is 0.789. The van der Waals surface area contributed by atoms with E-state index in [1.165, 1.54) is 10.4 Å². The summed E-state index contributed by atoms with van der Waals surface area (Å²) in [5.74, 6) is 1.83. The van der Waals surface area contributed by atoms with Crippen molar-refractivity contribution in [2.75, 3.05) is 33.9 Å². The van der Waals surface area contributed by atoms with Gasteiger partial charge in [-0.25, -0.2) is 0 Å². The predicted molar refractivity (Wildman–Crippen MR) is 107 cm³/mol. The molecule has 0 spiro atoms. The zero-order valence-corrected chi connectivity index (χ0v) is 16.8. The first kappa shape index (κ1) is 18.3. The molecule has 1 amide bonds. The summed E-state index contributed by atoms with van der Waals surface area (Å²) >= 11 is 1.83. The van der Waals surface area contributed by atoms with Crippen LogP contribution in [0.5, 0.6) is 11.5 Å². The van der Waals surface area contributed by atoms with E-state index in [0.29, 0.717) is 6.54 Å². The van der Waals surface area contributed by atoms with Gasteiger partial charge in [0.15, 0.2) is 0 Å². The summed E-state index contributed by atoms with van der Waals surface area (Å²) in [4.78, 5) is 18.9. The molecule has 1 aromatic carbocycles. The first-order valence-electron chi connectivity index (χ1n) is 9.48. The number of likely N-dealkylation sites (tertiary alicyclic amines) is 1. The van der Waals surface area contributed by atoms with Crippen molar-refractivity contribution in [2.24, 2.45) is 0 Å². The first-order valence-corrected chi connectivity index (χ1v) is 10.4. The molecular weight excluding hydrogens is 360 g/mol. The molecule has 5 nitrogen and oxygen atoms in total. The molecule has 1 saturated heterocycles. The second kappa shape index (κ2) is 7.90. The van der Waals surface area contributed by atoms with Crippen LogP contribution >= 0.6 is 11.3 Å². The Morgan fingerprint density at radius 2 is 2.11 bits per heavy atom. The van der Waals surface area contributed by atoms with Crippen molar-refractivity contribution in [1.29, 1.82) is 0 Å². The zero-order valence-electron chi connectivity index (χ0n) is 15.9. The molecule has 0 aliphatic carbocycles. The predicted octanol–water partition coefficient (Wildman–Crippen LogP) is 3.49. The number of carbonyl (C=O) groups is 1. The highest BCUT2D eigenvalue weighted by Crippen LogP contribution is 2.39. The van der Waals surface area contributed by atoms with Crippen molar-refractivity contribution in [2.45, 2.75) is 31.8 Å². The molecule has 27 heavy (non-hydrogen) atoms. The van der Waals surface area contributed by atoms with Gasteiger partial charge in [0.1, 0.15) is 11.5 Å². The SMILES string of the molecule is COc1ccc(OC)c(C2CCCN2C(=O)CN2CCc3sccc3C2)c1. The fraction of sp³-hybridized carbons (Fsp3) is 0.476. The maximum absolute atomic E-state index is 13.1. The van der Waals surface area contributed by atoms with Crippen LogP contribution in [0.2, 0.25) is 0 Å². The van der Waals surface area contributed by atoms with Crippen molar-refractivity contribution in [3.63, 3.8) is 0 Å². The second-order valence-corrected chi connectivity index (χ2v) is 8.18. The third kappa shape index (κ3) is 3.69. The van der Waals surface area contributed by atoms with Crippen LogP contribution in [0.15, 0.2) is 29.6 Å². The molecule has 1 fully saturated rings. The first-order chi connectivity index (χ1) is 13.2. The molecule has 1 aromatic heterocycles. The van der Waals surface area contributed by atoms with Crippen LogP contribution in [-0.2, 0) is 17.8 Å². The number of thiophene rings is 1. The van der Waals surface area contributed by atoms with Gasteiger partial charge in [0.25, 0.3) is 0 Å². The number of fused-ring (bicyclic) bond motifs is 1. The third-order valence-corrected chi connectivity index (χ3v) is 6.64. The lowest BCUT2D eigenvalue weighted by atomic mass is 10.0. The molecule has 2 aliphatic heterocycles. The molecular formula is C21H26N2O3S. The fourth-order valence-electron chi connectivity index (χ4n) is 4.21. The van der Waals surface area contributed by atoms with Crippen LogP contribution in [0.3, 0.4) is 0 Å². The molecule has 2 aliphatic rings. The number of hydrogen-bond donors (Lipinski definition) is 0. The molecule has 0 radical (unpaired) electrons. The average molecular weight is 387 g/mol. The topological polar surface area (TPSA) is 42.0 Å². The average Bonchev–Trinajstić information content (AvgIpc) is 3.36. The third-order valence-electron chi connectivity index (χ3n) is 5.61. The van der Waals surface area contributed by atoms with Gasteiger partial charge in [0, 0.05) is 30.1 Å². The van der Waals surface area contributed by atoms with Gasteiger partial charge in [0.2, 0.25) is 5.91 Å². The molecule has 1 unspecified atom stereocenters. The van der Waals surface area contributed by atoms with Crippen LogP contribution in [-0.4, -0.2) is 49.6 Å². The highest BCUT2D eigenvalue weighted by molar-refractivity contribution is 7.10. The van der Waals surface area contributed by atoms with Gasteiger partial charge in [-0.2, -0.15) is 0 Å². The number of benzene rings is 1. The highest BCUT2D eigenvalue weighted by Gasteiger charge is 2.33. The van der Waals surface area contributed by atoms with Crippen molar-refractivity contribution in [1.82, 2.24) is 9.80 Å². The molecule has 4 rings (SSSR count). The van der Waals surface area contributed by atoms with E-state index in [1.54, 1.807) is 14.2 Å². The summed E-state index contributed by atoms with van der Waals surface area (Å²) < 4.78 is 11.0. The van der Waals surface area contributed by atoms with Crippen LogP contribution in [0.4, 0.5) is 0 Å². The Kier molecular flexibility index (Phi) is 5.36. The number of ether oxygens (including phenoxy) is 2. The Balaban J connectivity index is 1.49. The molecule has 0 bridgehead atoms. The van der Waals surface area contributed by atoms with E-state index in [-0.39, 0.29) is 11.9 Å². The van der Waals surface area contributed by atoms with Crippen molar-refractivity contribution < 1.29 is 14.3 Å². The monoisotopic (exact) mass is 386 g/mol. The minimum Gasteiger partial charge on any atom is -0.497 e. The summed E-state index contributed by atoms with van der Waals surface area (Å²) in [6.45, 7) is 3.13. The van der Waals surface area contributed by atoms with E-state index >= 15 is 0 Å². The van der Waals surface area contributed by atoms with E-state index in [4.69, 9.17) is 9.47 Å². The van der Waals surface area contributed by atoms with Crippen molar-refractivity contribution in [3.8, 4) is 11.5 Å². The zero-order chi connectivity index (χ0) is 18.8. The van der Waals surface area contributed by atoms with E-state index in [0.717, 1.165) is 56.0 Å². The van der Waals surface area contributed by atoms with Crippen molar-refractivity contribution in [3.05, 3.63) is 45.6 Å². The van der Waals surface area contributed by atoms with Crippen LogP contribution in [0, 0.1) is 0 Å². The standard InChI is InChI=1S/C21H26N2O3S/c1-25-16-5-6-19(26-2)17(12-16)18-4-3-9-23(18)21(24)14-22-10-7-20-15(13-22)8-11-27-20/h5-6,8,11-12,18H,3-4,7,9-10,13-14H2,1-2H3. The Hall–Kier alpha value is -2.05. The number of amides is 1. The summed E-state index contributed by atoms with van der Waals surface area (Å²) in [6.07, 6.45) is 3.03. The van der Waals surface area contributed by atoms with Crippen LogP contribution < -0.4 is 9.47 Å². The summed E-state index contributed by atoms with van der Waals surface area (Å²) in [5, 5.41) is 2.15. The van der Waals surface area contributed by atoms with E-state index in [9.17, 15) is 4.79 Å². The lowest BCUT2D eigenvalue weighted by Crippen LogP contribution is -2.41. The van der Waals surface area contributed by atoms with Gasteiger partial charge in [-0.3, -0.25) is 9.69 Å². The summed E-state index contributed by atoms with van der Waals surface area (Å²) in [6, 6.07) is 8.08. The van der Waals surface area contributed by atoms with Gasteiger partial charge < -0.3 is 14.4 Å². The highest BCUT2D eigenvalue weighted by atomic mass is 32.1. The number of nitrogens with zero attached hydrogens (tertiary/aromatic N) is 2. The molecule has 0 N–H and O–H groups in total. The van der Waals surface area contributed by atoms with Gasteiger partial charge in [0.05, 0.1) is 26.8 Å². The van der Waals surface area contributed by atoms with E-state index in [2.05, 4.69) is 16.3 Å². The van der Waals surface area contributed by atoms with Gasteiger partial charge >= 0.3 is 0 Å². The fourth-order valence-corrected chi connectivity index (χ4v) is 5.10. The smallest absolute Gasteiger partial charge is 0.237 e. The maximum Gasteiger partial charge on any atom is 0.237 e. The lowest BCUT2D eigenvalue weighted by Gasteiger charge is -2.31. The van der Waals surface area contributed by atoms with Crippen LogP contribution in [0.1, 0.15) is 34.9 Å². The Morgan fingerprint density at radius 3 is 2.93 bits per heavy atom. The molecule has 1 atom stereocenters. The molecule has 2 aromatic rings. The molecule has 144 valence electrons. The Labute approximate surface area is 164 Å². The largest absolute Gasteiger partial charge is 0.497 e. The summed E-state index contributed by atoms with van der Waals surface area (Å²) in [7, 11) is 3.34. The van der Waals surface area contributed by atoms with E-state index in [1.807, 2.05) is 34.4 Å². The Morgan fingerprint density at radius 1 is 1.22 bits per heavy atom. The maximum atomic E-state index is 13.1. The number of hydrogen-bond acceptors (Lipinski definition) is 5. The minimum absolute atomic E-state index is 0.0593. The lowest BCUT2D eigenvalue weighted by molar-refractivity contribution is -0.133. The second-order valence-electron chi connectivity index (χ2n) is 7.18. The van der Waals surface area contributed by atoms with E-state index < -0.39 is 0 Å². The number of methoxy groups -OCH3 is 2. The summed E-state index contributed by atoms with van der Waals surface area (Å²) in [5.41, 5.74) is 2.42. The van der Waals surface area contributed by atoms with Gasteiger partial charge in [-0.15, -0.1) is 11.3 Å².